The lowest BCUT2D eigenvalue weighted by molar-refractivity contribution is 0.555. The van der Waals surface area contributed by atoms with E-state index in [4.69, 9.17) is 0 Å². The maximum atomic E-state index is 4.23. The fourth-order valence-electron chi connectivity index (χ4n) is 8.60. The van der Waals surface area contributed by atoms with Gasteiger partial charge in [0.2, 0.25) is 0 Å². The lowest BCUT2D eigenvalue weighted by atomic mass is 9.73. The van der Waals surface area contributed by atoms with Crippen LogP contribution in [0.15, 0.2) is 121 Å². The van der Waals surface area contributed by atoms with Crippen molar-refractivity contribution in [2.45, 2.75) is 85.1 Å². The predicted octanol–water partition coefficient (Wildman–Crippen LogP) is 12.1. The summed E-state index contributed by atoms with van der Waals surface area (Å²) in [6.07, 6.45) is 8.57. The van der Waals surface area contributed by atoms with E-state index in [0.29, 0.717) is 0 Å². The number of benzene rings is 4. The second-order valence-electron chi connectivity index (χ2n) is 14.6. The highest BCUT2D eigenvalue weighted by atomic mass is 15.2. The Morgan fingerprint density at radius 1 is 0.804 bits per heavy atom. The van der Waals surface area contributed by atoms with Gasteiger partial charge in [0.1, 0.15) is 0 Å². The van der Waals surface area contributed by atoms with E-state index >= 15 is 0 Å². The maximum absolute atomic E-state index is 4.23. The van der Waals surface area contributed by atoms with Gasteiger partial charge in [-0.3, -0.25) is 0 Å². The fraction of sp³-hybridized carbons (Fsp3) is 0.289. The smallest absolute Gasteiger partial charge is 0.0635 e. The lowest BCUT2D eigenvalue weighted by Gasteiger charge is -2.42. The van der Waals surface area contributed by atoms with Crippen molar-refractivity contribution in [3.63, 3.8) is 0 Å². The first-order valence-corrected chi connectivity index (χ1v) is 17.0. The normalized spacial score (nSPS) is 18.8. The van der Waals surface area contributed by atoms with Crippen LogP contribution in [-0.4, -0.2) is 0 Å². The molecule has 46 heavy (non-hydrogen) atoms. The predicted molar refractivity (Wildman–Crippen MR) is 198 cm³/mol. The molecule has 0 aliphatic heterocycles. The molecule has 1 unspecified atom stereocenters. The van der Waals surface area contributed by atoms with Crippen LogP contribution in [0.25, 0.3) is 16.7 Å². The zero-order chi connectivity index (χ0) is 32.5. The van der Waals surface area contributed by atoms with Crippen molar-refractivity contribution in [3.8, 4) is 11.1 Å². The first-order valence-electron chi connectivity index (χ1n) is 17.0. The van der Waals surface area contributed by atoms with Gasteiger partial charge in [-0.15, -0.1) is 0 Å². The van der Waals surface area contributed by atoms with Crippen molar-refractivity contribution in [1.29, 1.82) is 0 Å². The number of anilines is 1. The number of aryl methyl sites for hydroxylation is 2. The molecule has 4 aromatic carbocycles. The number of hydrogen-bond acceptors (Lipinski definition) is 1. The minimum absolute atomic E-state index is 0.0293. The highest BCUT2D eigenvalue weighted by molar-refractivity contribution is 5.95. The SMILES string of the molecule is C=C/C(C)=C(\C=C/CC)N(c1ccc(C)cc1C)C1CC2=C(c3ccccc31)c1cc3c(cc1C2(C)C)-c1ccccc1C3(C)C. The van der Waals surface area contributed by atoms with Gasteiger partial charge in [0.15, 0.2) is 0 Å². The Morgan fingerprint density at radius 3 is 2.20 bits per heavy atom. The molecular formula is C45H47N. The summed E-state index contributed by atoms with van der Waals surface area (Å²) in [7, 11) is 0. The van der Waals surface area contributed by atoms with E-state index in [0.717, 1.165) is 12.8 Å². The molecular weight excluding hydrogens is 555 g/mol. The van der Waals surface area contributed by atoms with Crippen LogP contribution in [-0.2, 0) is 10.8 Å². The Labute approximate surface area is 276 Å². The molecule has 1 heteroatoms. The van der Waals surface area contributed by atoms with Crippen molar-refractivity contribution < 1.29 is 0 Å². The Bertz CT molecular complexity index is 2010. The highest BCUT2D eigenvalue weighted by Crippen LogP contribution is 2.60. The molecule has 3 aliphatic rings. The molecule has 4 aromatic rings. The number of nitrogens with zero attached hydrogens (tertiary/aromatic N) is 1. The number of hydrogen-bond donors (Lipinski definition) is 0. The first kappa shape index (κ1) is 30.3. The molecule has 1 atom stereocenters. The average Bonchev–Trinajstić information content (AvgIpc) is 3.41. The van der Waals surface area contributed by atoms with Gasteiger partial charge in [-0.25, -0.2) is 0 Å². The second kappa shape index (κ2) is 10.9. The molecule has 7 rings (SSSR count). The summed E-state index contributed by atoms with van der Waals surface area (Å²) in [5.74, 6) is 0. The molecule has 0 aromatic heterocycles. The summed E-state index contributed by atoms with van der Waals surface area (Å²) in [5, 5.41) is 0. The van der Waals surface area contributed by atoms with Gasteiger partial charge in [0.05, 0.1) is 6.04 Å². The first-order chi connectivity index (χ1) is 22.0. The van der Waals surface area contributed by atoms with E-state index in [9.17, 15) is 0 Å². The van der Waals surface area contributed by atoms with E-state index in [1.165, 1.54) is 78.2 Å². The maximum Gasteiger partial charge on any atom is 0.0635 e. The standard InChI is InChI=1S/C45H47N/c1-10-12-21-40(29(4)11-2)46(41-23-22-28(3)24-30(41)5)42-27-39-43(33-19-14-13-18-32(33)42)35-26-37-34(25-38(35)45(39,8)9)31-17-15-16-20-36(31)44(37,6)7/h11-26,42H,2,10,27H2,1,3-9H3/b21-12-,40-29+. The fourth-order valence-corrected chi connectivity index (χ4v) is 8.60. The third-order valence-electron chi connectivity index (χ3n) is 11.1. The Hall–Kier alpha value is -4.36. The van der Waals surface area contributed by atoms with Crippen molar-refractivity contribution in [2.75, 3.05) is 4.90 Å². The molecule has 0 spiro atoms. The molecule has 0 bridgehead atoms. The minimum Gasteiger partial charge on any atom is -0.333 e. The molecule has 0 heterocycles. The summed E-state index contributed by atoms with van der Waals surface area (Å²) < 4.78 is 0. The van der Waals surface area contributed by atoms with E-state index < -0.39 is 0 Å². The molecule has 0 amide bonds. The van der Waals surface area contributed by atoms with E-state index in [1.54, 1.807) is 5.57 Å². The van der Waals surface area contributed by atoms with Gasteiger partial charge in [-0.2, -0.15) is 0 Å². The Balaban J connectivity index is 1.47. The topological polar surface area (TPSA) is 3.24 Å². The largest absolute Gasteiger partial charge is 0.333 e. The lowest BCUT2D eigenvalue weighted by Crippen LogP contribution is -2.33. The third kappa shape index (κ3) is 4.35. The Kier molecular flexibility index (Phi) is 7.16. The zero-order valence-corrected chi connectivity index (χ0v) is 28.9. The number of rotatable bonds is 6. The Morgan fingerprint density at radius 2 is 1.48 bits per heavy atom. The van der Waals surface area contributed by atoms with Crippen molar-refractivity contribution in [2.24, 2.45) is 0 Å². The van der Waals surface area contributed by atoms with Crippen LogP contribution in [0, 0.1) is 13.8 Å². The van der Waals surface area contributed by atoms with Gasteiger partial charge < -0.3 is 4.90 Å². The molecule has 232 valence electrons. The van der Waals surface area contributed by atoms with Crippen LogP contribution < -0.4 is 4.90 Å². The van der Waals surface area contributed by atoms with E-state index in [2.05, 4.69) is 158 Å². The van der Waals surface area contributed by atoms with Crippen LogP contribution in [0.5, 0.6) is 0 Å². The molecule has 0 saturated heterocycles. The molecule has 1 nitrogen and oxygen atoms in total. The molecule has 0 fully saturated rings. The summed E-state index contributed by atoms with van der Waals surface area (Å²) >= 11 is 0. The second-order valence-corrected chi connectivity index (χ2v) is 14.6. The molecule has 0 N–H and O–H groups in total. The zero-order valence-electron chi connectivity index (χ0n) is 28.9. The van der Waals surface area contributed by atoms with Crippen LogP contribution in [0.1, 0.15) is 105 Å². The van der Waals surface area contributed by atoms with Gasteiger partial charge in [-0.1, -0.05) is 120 Å². The van der Waals surface area contributed by atoms with Crippen LogP contribution in [0.3, 0.4) is 0 Å². The minimum atomic E-state index is -0.0994. The summed E-state index contributed by atoms with van der Waals surface area (Å²) in [5.41, 5.74) is 20.5. The molecule has 0 radical (unpaired) electrons. The highest BCUT2D eigenvalue weighted by Gasteiger charge is 2.46. The average molecular weight is 602 g/mol. The van der Waals surface area contributed by atoms with Crippen LogP contribution in [0.4, 0.5) is 5.69 Å². The van der Waals surface area contributed by atoms with Crippen molar-refractivity contribution >= 4 is 11.3 Å². The van der Waals surface area contributed by atoms with Crippen LogP contribution >= 0.6 is 0 Å². The van der Waals surface area contributed by atoms with E-state index in [1.807, 2.05) is 6.08 Å². The van der Waals surface area contributed by atoms with Gasteiger partial charge >= 0.3 is 0 Å². The monoisotopic (exact) mass is 601 g/mol. The van der Waals surface area contributed by atoms with Gasteiger partial charge in [-0.05, 0) is 125 Å². The van der Waals surface area contributed by atoms with Crippen molar-refractivity contribution in [3.05, 3.63) is 165 Å². The number of fused-ring (bicyclic) bond motifs is 7. The molecule has 0 saturated carbocycles. The summed E-state index contributed by atoms with van der Waals surface area (Å²) in [6, 6.07) is 30.4. The van der Waals surface area contributed by atoms with Crippen LogP contribution in [0.2, 0.25) is 0 Å². The van der Waals surface area contributed by atoms with Gasteiger partial charge in [0, 0.05) is 22.2 Å². The third-order valence-corrected chi connectivity index (χ3v) is 11.1. The van der Waals surface area contributed by atoms with Gasteiger partial charge in [0.25, 0.3) is 0 Å². The molecule has 3 aliphatic carbocycles. The van der Waals surface area contributed by atoms with E-state index in [-0.39, 0.29) is 16.9 Å². The van der Waals surface area contributed by atoms with Crippen molar-refractivity contribution in [1.82, 2.24) is 0 Å². The quantitative estimate of drug-likeness (QED) is 0.199. The summed E-state index contributed by atoms with van der Waals surface area (Å²) in [6.45, 7) is 22.8. The summed E-state index contributed by atoms with van der Waals surface area (Å²) in [4.78, 5) is 2.62. The number of allylic oxidation sites excluding steroid dienone is 4.